The van der Waals surface area contributed by atoms with Crippen LogP contribution in [-0.4, -0.2) is 29.8 Å². The second-order valence-electron chi connectivity index (χ2n) is 4.99. The number of benzene rings is 1. The minimum Gasteiger partial charge on any atom is -0.496 e. The summed E-state index contributed by atoms with van der Waals surface area (Å²) in [4.78, 5) is 4.44. The highest BCUT2D eigenvalue weighted by Crippen LogP contribution is 2.23. The number of halogens is 1. The Bertz CT molecular complexity index is 568. The molecule has 0 aliphatic heterocycles. The number of rotatable bonds is 8. The van der Waals surface area contributed by atoms with E-state index in [2.05, 4.69) is 28.0 Å². The van der Waals surface area contributed by atoms with Crippen molar-refractivity contribution in [2.45, 2.75) is 26.3 Å². The quantitative estimate of drug-likeness (QED) is 0.762. The first-order chi connectivity index (χ1) is 10.2. The zero-order valence-electron chi connectivity index (χ0n) is 12.6. The molecule has 1 aromatic carbocycles. The molecule has 5 heteroatoms. The highest BCUT2D eigenvalue weighted by atomic mass is 35.5. The molecule has 0 amide bonds. The van der Waals surface area contributed by atoms with Gasteiger partial charge in [-0.1, -0.05) is 18.5 Å². The smallest absolute Gasteiger partial charge is 0.123 e. The number of ether oxygens (including phenoxy) is 1. The average Bonchev–Trinajstić information content (AvgIpc) is 2.91. The van der Waals surface area contributed by atoms with Crippen molar-refractivity contribution in [3.05, 3.63) is 47.0 Å². The van der Waals surface area contributed by atoms with E-state index in [4.69, 9.17) is 16.3 Å². The summed E-state index contributed by atoms with van der Waals surface area (Å²) in [6.07, 6.45) is 6.03. The van der Waals surface area contributed by atoms with E-state index in [1.807, 2.05) is 24.5 Å². The second-order valence-corrected chi connectivity index (χ2v) is 5.43. The molecule has 0 saturated carbocycles. The van der Waals surface area contributed by atoms with Crippen molar-refractivity contribution in [2.75, 3.05) is 20.2 Å². The van der Waals surface area contributed by atoms with E-state index >= 15 is 0 Å². The maximum Gasteiger partial charge on any atom is 0.123 e. The highest BCUT2D eigenvalue weighted by Gasteiger charge is 2.06. The monoisotopic (exact) mass is 307 g/mol. The summed E-state index contributed by atoms with van der Waals surface area (Å²) in [7, 11) is 1.67. The van der Waals surface area contributed by atoms with E-state index < -0.39 is 0 Å². The molecule has 0 fully saturated rings. The Morgan fingerprint density at radius 3 is 2.95 bits per heavy atom. The van der Waals surface area contributed by atoms with Gasteiger partial charge in [0.1, 0.15) is 5.75 Å². The van der Waals surface area contributed by atoms with Crippen LogP contribution in [0.2, 0.25) is 5.02 Å². The van der Waals surface area contributed by atoms with Crippen molar-refractivity contribution < 1.29 is 4.74 Å². The van der Waals surface area contributed by atoms with Crippen molar-refractivity contribution in [3.8, 4) is 5.75 Å². The molecule has 2 aromatic rings. The summed E-state index contributed by atoms with van der Waals surface area (Å²) < 4.78 is 7.43. The van der Waals surface area contributed by atoms with Crippen molar-refractivity contribution in [1.82, 2.24) is 14.9 Å². The van der Waals surface area contributed by atoms with Gasteiger partial charge in [0.2, 0.25) is 0 Å². The Kier molecular flexibility index (Phi) is 6.08. The second kappa shape index (κ2) is 8.05. The molecule has 0 atom stereocenters. The lowest BCUT2D eigenvalue weighted by Gasteiger charge is -2.09. The third kappa shape index (κ3) is 4.76. The molecule has 1 heterocycles. The van der Waals surface area contributed by atoms with Crippen molar-refractivity contribution >= 4 is 11.6 Å². The molecule has 0 saturated heterocycles. The number of hydrogen-bond donors (Lipinski definition) is 1. The average molecular weight is 308 g/mol. The summed E-state index contributed by atoms with van der Waals surface area (Å²) in [5, 5.41) is 4.10. The minimum absolute atomic E-state index is 0.707. The Morgan fingerprint density at radius 2 is 2.19 bits per heavy atom. The Labute approximate surface area is 131 Å². The van der Waals surface area contributed by atoms with Crippen molar-refractivity contribution in [3.63, 3.8) is 0 Å². The molecule has 0 bridgehead atoms. The third-order valence-corrected chi connectivity index (χ3v) is 3.50. The number of methoxy groups -OCH3 is 1. The molecule has 1 N–H and O–H groups in total. The first-order valence-corrected chi connectivity index (χ1v) is 7.64. The van der Waals surface area contributed by atoms with Gasteiger partial charge in [-0.25, -0.2) is 4.98 Å². The highest BCUT2D eigenvalue weighted by molar-refractivity contribution is 6.30. The lowest BCUT2D eigenvalue weighted by molar-refractivity contribution is 0.408. The Morgan fingerprint density at radius 1 is 1.33 bits per heavy atom. The number of aromatic nitrogens is 2. The molecular weight excluding hydrogens is 286 g/mol. The van der Waals surface area contributed by atoms with Gasteiger partial charge >= 0.3 is 0 Å². The number of nitrogens with zero attached hydrogens (tertiary/aromatic N) is 2. The fourth-order valence-electron chi connectivity index (χ4n) is 2.21. The van der Waals surface area contributed by atoms with Crippen LogP contribution < -0.4 is 10.1 Å². The summed E-state index contributed by atoms with van der Waals surface area (Å²) in [6, 6.07) is 5.66. The number of nitrogens with one attached hydrogen (secondary N) is 1. The van der Waals surface area contributed by atoms with Gasteiger partial charge in [-0.2, -0.15) is 0 Å². The van der Waals surface area contributed by atoms with Crippen LogP contribution >= 0.6 is 11.6 Å². The Balaban J connectivity index is 1.97. The van der Waals surface area contributed by atoms with Gasteiger partial charge in [0.15, 0.2) is 0 Å². The molecule has 4 nitrogen and oxygen atoms in total. The van der Waals surface area contributed by atoms with E-state index in [0.29, 0.717) is 6.54 Å². The van der Waals surface area contributed by atoms with E-state index in [1.54, 1.807) is 7.11 Å². The summed E-state index contributed by atoms with van der Waals surface area (Å²) in [5.41, 5.74) is 2.15. The molecule has 0 aliphatic rings. The molecule has 114 valence electrons. The van der Waals surface area contributed by atoms with E-state index in [1.165, 1.54) is 0 Å². The molecule has 0 spiro atoms. The van der Waals surface area contributed by atoms with Gasteiger partial charge in [0.05, 0.1) is 25.7 Å². The van der Waals surface area contributed by atoms with Crippen LogP contribution in [0.5, 0.6) is 5.75 Å². The van der Waals surface area contributed by atoms with Crippen molar-refractivity contribution in [1.29, 1.82) is 0 Å². The largest absolute Gasteiger partial charge is 0.496 e. The topological polar surface area (TPSA) is 39.1 Å². The van der Waals surface area contributed by atoms with Gasteiger partial charge in [-0.05, 0) is 31.2 Å². The molecule has 0 radical (unpaired) electrons. The zero-order chi connectivity index (χ0) is 15.1. The lowest BCUT2D eigenvalue weighted by Crippen LogP contribution is -2.17. The molecule has 1 aromatic heterocycles. The lowest BCUT2D eigenvalue weighted by atomic mass is 10.2. The van der Waals surface area contributed by atoms with Crippen LogP contribution in [0.25, 0.3) is 0 Å². The first-order valence-electron chi connectivity index (χ1n) is 7.26. The first kappa shape index (κ1) is 15.9. The van der Waals surface area contributed by atoms with Gasteiger partial charge in [0, 0.05) is 29.7 Å². The molecule has 0 aliphatic carbocycles. The molecule has 2 rings (SSSR count). The fraction of sp³-hybridized carbons (Fsp3) is 0.438. The van der Waals surface area contributed by atoms with Crippen LogP contribution in [0.15, 0.2) is 30.7 Å². The number of hydrogen-bond acceptors (Lipinski definition) is 3. The van der Waals surface area contributed by atoms with Crippen LogP contribution in [-0.2, 0) is 13.0 Å². The third-order valence-electron chi connectivity index (χ3n) is 3.27. The van der Waals surface area contributed by atoms with Crippen molar-refractivity contribution in [2.24, 2.45) is 0 Å². The summed E-state index contributed by atoms with van der Waals surface area (Å²) in [5.74, 6) is 0.847. The predicted octanol–water partition coefficient (Wildman–Crippen LogP) is 3.14. The van der Waals surface area contributed by atoms with Gasteiger partial charge < -0.3 is 14.6 Å². The number of imidazole rings is 1. The van der Waals surface area contributed by atoms with Crippen LogP contribution in [0.4, 0.5) is 0 Å². The van der Waals surface area contributed by atoms with Crippen LogP contribution in [0.3, 0.4) is 0 Å². The SMILES string of the molecule is CCCNCCc1cn(Cc2cc(Cl)ccc2OC)cn1. The maximum atomic E-state index is 6.05. The summed E-state index contributed by atoms with van der Waals surface area (Å²) >= 11 is 6.05. The summed E-state index contributed by atoms with van der Waals surface area (Å²) in [6.45, 7) is 4.89. The van der Waals surface area contributed by atoms with Crippen LogP contribution in [0.1, 0.15) is 24.6 Å². The maximum absolute atomic E-state index is 6.05. The molecular formula is C16H22ClN3O. The zero-order valence-corrected chi connectivity index (χ0v) is 13.4. The van der Waals surface area contributed by atoms with Gasteiger partial charge in [-0.3, -0.25) is 0 Å². The molecule has 21 heavy (non-hydrogen) atoms. The van der Waals surface area contributed by atoms with E-state index in [-0.39, 0.29) is 0 Å². The van der Waals surface area contributed by atoms with Crippen LogP contribution in [0, 0.1) is 0 Å². The standard InChI is InChI=1S/C16H22ClN3O/c1-3-7-18-8-6-15-11-20(12-19-15)10-13-9-14(17)4-5-16(13)21-2/h4-5,9,11-12,18H,3,6-8,10H2,1-2H3. The minimum atomic E-state index is 0.707. The van der Waals surface area contributed by atoms with Gasteiger partial charge in [0.25, 0.3) is 0 Å². The van der Waals surface area contributed by atoms with Gasteiger partial charge in [-0.15, -0.1) is 0 Å². The Hall–Kier alpha value is -1.52. The molecule has 0 unspecified atom stereocenters. The fourth-order valence-corrected chi connectivity index (χ4v) is 2.40. The normalized spacial score (nSPS) is 10.8. The van der Waals surface area contributed by atoms with E-state index in [0.717, 1.165) is 48.0 Å². The van der Waals surface area contributed by atoms with E-state index in [9.17, 15) is 0 Å². The predicted molar refractivity (Wildman–Crippen MR) is 86.2 cm³/mol.